The molecule has 1 heterocycles. The van der Waals surface area contributed by atoms with Crippen LogP contribution in [0.2, 0.25) is 0 Å². The summed E-state index contributed by atoms with van der Waals surface area (Å²) in [4.78, 5) is 24.0. The number of esters is 1. The van der Waals surface area contributed by atoms with Crippen molar-refractivity contribution in [3.63, 3.8) is 0 Å². The zero-order chi connectivity index (χ0) is 19.7. The van der Waals surface area contributed by atoms with Crippen molar-refractivity contribution in [1.29, 1.82) is 0 Å². The second kappa shape index (κ2) is 7.35. The summed E-state index contributed by atoms with van der Waals surface area (Å²) in [6.07, 6.45) is 0.630. The van der Waals surface area contributed by atoms with Crippen LogP contribution in [0.3, 0.4) is 0 Å². The quantitative estimate of drug-likeness (QED) is 0.533. The van der Waals surface area contributed by atoms with Crippen LogP contribution >= 0.6 is 0 Å². The predicted molar refractivity (Wildman–Crippen MR) is 108 cm³/mol. The first-order chi connectivity index (χ1) is 13.6. The van der Waals surface area contributed by atoms with Gasteiger partial charge in [0.2, 0.25) is 5.91 Å². The Balaban J connectivity index is 1.83. The molecule has 3 aromatic rings. The number of fused-ring (bicyclic) bond motifs is 3. The third-order valence-electron chi connectivity index (χ3n) is 5.09. The van der Waals surface area contributed by atoms with Crippen molar-refractivity contribution < 1.29 is 19.1 Å². The number of amides is 1. The van der Waals surface area contributed by atoms with Gasteiger partial charge in [-0.05, 0) is 40.1 Å². The van der Waals surface area contributed by atoms with Gasteiger partial charge < -0.3 is 14.8 Å². The molecule has 0 fully saturated rings. The molecule has 0 aliphatic carbocycles. The fourth-order valence-electron chi connectivity index (χ4n) is 3.73. The van der Waals surface area contributed by atoms with E-state index in [1.807, 2.05) is 36.4 Å². The number of anilines is 1. The lowest BCUT2D eigenvalue weighted by Gasteiger charge is -2.28. The maximum absolute atomic E-state index is 12.3. The number of carbonyl (C=O) groups excluding carboxylic acids is 2. The molecule has 0 aromatic heterocycles. The third-order valence-corrected chi connectivity index (χ3v) is 5.09. The van der Waals surface area contributed by atoms with E-state index in [4.69, 9.17) is 9.47 Å². The molecule has 1 atom stereocenters. The van der Waals surface area contributed by atoms with Crippen LogP contribution in [0.4, 0.5) is 5.69 Å². The Labute approximate surface area is 163 Å². The van der Waals surface area contributed by atoms with Crippen molar-refractivity contribution in [1.82, 2.24) is 0 Å². The van der Waals surface area contributed by atoms with Gasteiger partial charge in [0.05, 0.1) is 7.11 Å². The second-order valence-corrected chi connectivity index (χ2v) is 6.79. The Morgan fingerprint density at radius 3 is 2.71 bits per heavy atom. The fourth-order valence-corrected chi connectivity index (χ4v) is 3.73. The first kappa shape index (κ1) is 18.0. The van der Waals surface area contributed by atoms with E-state index in [9.17, 15) is 9.59 Å². The zero-order valence-electron chi connectivity index (χ0n) is 15.8. The second-order valence-electron chi connectivity index (χ2n) is 6.79. The predicted octanol–water partition coefficient (Wildman–Crippen LogP) is 4.64. The summed E-state index contributed by atoms with van der Waals surface area (Å²) in [6, 6.07) is 17.6. The molecule has 0 unspecified atom stereocenters. The van der Waals surface area contributed by atoms with Crippen LogP contribution in [0.5, 0.6) is 11.5 Å². The van der Waals surface area contributed by atoms with Gasteiger partial charge in [-0.15, -0.1) is 0 Å². The summed E-state index contributed by atoms with van der Waals surface area (Å²) in [5, 5.41) is 5.23. The molecule has 28 heavy (non-hydrogen) atoms. The molecule has 1 aliphatic heterocycles. The standard InChI is InChI=1S/C23H21NO4/c1-3-22(26)28-19-11-9-15(12-20(19)27-2)17-13-21(25)24-18-10-8-14-6-4-5-7-16(14)23(17)18/h4-12,17H,3,13H2,1-2H3,(H,24,25)/t17-/m1/s1. The van der Waals surface area contributed by atoms with Crippen LogP contribution in [0.15, 0.2) is 54.6 Å². The van der Waals surface area contributed by atoms with Gasteiger partial charge in [0.25, 0.3) is 0 Å². The molecule has 0 saturated carbocycles. The maximum Gasteiger partial charge on any atom is 0.311 e. The average Bonchev–Trinajstić information content (AvgIpc) is 2.73. The van der Waals surface area contributed by atoms with Crippen LogP contribution in [0.25, 0.3) is 10.8 Å². The molecule has 142 valence electrons. The van der Waals surface area contributed by atoms with Crippen LogP contribution in [-0.2, 0) is 9.59 Å². The molecule has 1 N–H and O–H groups in total. The lowest BCUT2D eigenvalue weighted by Crippen LogP contribution is -2.23. The van der Waals surface area contributed by atoms with Crippen LogP contribution in [0, 0.1) is 0 Å². The first-order valence-electron chi connectivity index (χ1n) is 9.30. The monoisotopic (exact) mass is 375 g/mol. The van der Waals surface area contributed by atoms with E-state index in [-0.39, 0.29) is 24.2 Å². The smallest absolute Gasteiger partial charge is 0.311 e. The van der Waals surface area contributed by atoms with Crippen molar-refractivity contribution in [2.45, 2.75) is 25.7 Å². The number of carbonyl (C=O) groups is 2. The van der Waals surface area contributed by atoms with Crippen molar-refractivity contribution in [2.75, 3.05) is 12.4 Å². The van der Waals surface area contributed by atoms with E-state index >= 15 is 0 Å². The Kier molecular flexibility index (Phi) is 4.74. The summed E-state index contributed by atoms with van der Waals surface area (Å²) in [5.74, 6) is 0.413. The van der Waals surface area contributed by atoms with E-state index in [1.54, 1.807) is 20.1 Å². The summed E-state index contributed by atoms with van der Waals surface area (Å²) in [5.41, 5.74) is 2.87. The minimum atomic E-state index is -0.320. The number of hydrogen-bond acceptors (Lipinski definition) is 4. The van der Waals surface area contributed by atoms with Gasteiger partial charge in [0.15, 0.2) is 11.5 Å². The maximum atomic E-state index is 12.3. The molecule has 1 amide bonds. The Morgan fingerprint density at radius 2 is 1.93 bits per heavy atom. The van der Waals surface area contributed by atoms with Crippen LogP contribution < -0.4 is 14.8 Å². The molecule has 3 aromatic carbocycles. The Morgan fingerprint density at radius 1 is 1.11 bits per heavy atom. The average molecular weight is 375 g/mol. The summed E-state index contributed by atoms with van der Waals surface area (Å²) >= 11 is 0. The molecule has 5 heteroatoms. The lowest BCUT2D eigenvalue weighted by molar-refractivity contribution is -0.134. The van der Waals surface area contributed by atoms with Gasteiger partial charge >= 0.3 is 5.97 Å². The molecule has 5 nitrogen and oxygen atoms in total. The van der Waals surface area contributed by atoms with Gasteiger partial charge in [-0.25, -0.2) is 0 Å². The highest BCUT2D eigenvalue weighted by molar-refractivity contribution is 6.01. The van der Waals surface area contributed by atoms with Gasteiger partial charge in [0, 0.05) is 24.4 Å². The Hall–Kier alpha value is -3.34. The van der Waals surface area contributed by atoms with Gasteiger partial charge in [0.1, 0.15) is 0 Å². The first-order valence-corrected chi connectivity index (χ1v) is 9.30. The Bertz CT molecular complexity index is 1070. The topological polar surface area (TPSA) is 64.6 Å². The molecule has 1 aliphatic rings. The molecule has 0 radical (unpaired) electrons. The number of rotatable bonds is 4. The summed E-state index contributed by atoms with van der Waals surface area (Å²) < 4.78 is 10.8. The number of nitrogens with one attached hydrogen (secondary N) is 1. The van der Waals surface area contributed by atoms with Gasteiger partial charge in [-0.1, -0.05) is 43.3 Å². The number of ether oxygens (including phenoxy) is 2. The molecular formula is C23H21NO4. The minimum Gasteiger partial charge on any atom is -0.493 e. The lowest BCUT2D eigenvalue weighted by atomic mass is 9.82. The van der Waals surface area contributed by atoms with Crippen molar-refractivity contribution >= 4 is 28.3 Å². The highest BCUT2D eigenvalue weighted by atomic mass is 16.6. The molecule has 0 saturated heterocycles. The number of methoxy groups -OCH3 is 1. The summed E-state index contributed by atoms with van der Waals surface area (Å²) in [6.45, 7) is 1.74. The molecular weight excluding hydrogens is 354 g/mol. The van der Waals surface area contributed by atoms with E-state index in [2.05, 4.69) is 17.4 Å². The van der Waals surface area contributed by atoms with E-state index < -0.39 is 0 Å². The highest BCUT2D eigenvalue weighted by Gasteiger charge is 2.29. The van der Waals surface area contributed by atoms with Crippen LogP contribution in [0.1, 0.15) is 36.8 Å². The SMILES string of the molecule is CCC(=O)Oc1ccc([C@H]2CC(=O)Nc3ccc4ccccc4c32)cc1OC. The van der Waals surface area contributed by atoms with Crippen molar-refractivity contribution in [2.24, 2.45) is 0 Å². The van der Waals surface area contributed by atoms with E-state index in [0.717, 1.165) is 27.6 Å². The largest absolute Gasteiger partial charge is 0.493 e. The van der Waals surface area contributed by atoms with E-state index in [0.29, 0.717) is 17.9 Å². The van der Waals surface area contributed by atoms with Gasteiger partial charge in [-0.2, -0.15) is 0 Å². The zero-order valence-corrected chi connectivity index (χ0v) is 15.8. The summed E-state index contributed by atoms with van der Waals surface area (Å²) in [7, 11) is 1.54. The van der Waals surface area contributed by atoms with E-state index in [1.165, 1.54) is 0 Å². The fraction of sp³-hybridized carbons (Fsp3) is 0.217. The van der Waals surface area contributed by atoms with Crippen molar-refractivity contribution in [3.05, 3.63) is 65.7 Å². The van der Waals surface area contributed by atoms with Crippen LogP contribution in [-0.4, -0.2) is 19.0 Å². The van der Waals surface area contributed by atoms with Crippen molar-refractivity contribution in [3.8, 4) is 11.5 Å². The molecule has 0 spiro atoms. The molecule has 0 bridgehead atoms. The highest BCUT2D eigenvalue weighted by Crippen LogP contribution is 2.43. The third kappa shape index (κ3) is 3.20. The minimum absolute atomic E-state index is 0.0202. The number of hydrogen-bond donors (Lipinski definition) is 1. The molecule has 4 rings (SSSR count). The number of benzene rings is 3. The normalized spacial score (nSPS) is 15.6. The van der Waals surface area contributed by atoms with Gasteiger partial charge in [-0.3, -0.25) is 9.59 Å².